The molecule has 1 heterocycles. The van der Waals surface area contributed by atoms with Gasteiger partial charge in [-0.3, -0.25) is 4.79 Å². The summed E-state index contributed by atoms with van der Waals surface area (Å²) in [6.07, 6.45) is 5.86. The smallest absolute Gasteiger partial charge is 0.407 e. The van der Waals surface area contributed by atoms with Gasteiger partial charge in [0.2, 0.25) is 0 Å². The summed E-state index contributed by atoms with van der Waals surface area (Å²) in [7, 11) is 1.78. The third-order valence-electron chi connectivity index (χ3n) is 6.21. The Bertz CT molecular complexity index is 938. The maximum absolute atomic E-state index is 12.0. The zero-order chi connectivity index (χ0) is 22.5. The highest BCUT2D eigenvalue weighted by Crippen LogP contribution is 2.32. The second-order valence-corrected chi connectivity index (χ2v) is 8.70. The molecule has 2 fully saturated rings. The van der Waals surface area contributed by atoms with E-state index in [1.165, 1.54) is 12.8 Å². The molecule has 32 heavy (non-hydrogen) atoms. The van der Waals surface area contributed by atoms with Gasteiger partial charge in [-0.1, -0.05) is 18.1 Å². The standard InChI is InChI=1S/C23H30N4O5/c1-27-20(14-24-23(30)31-12-11-15-5-6-15)21(25-26-27)16-7-9-18(10-8-16)32-19-4-2-3-17(13-19)22(28)29/h7-10,15,17,19H,2-6,11-14H2,1H3,(H,24,30)(H,28,29)/t17-,19-/m0/s1. The lowest BCUT2D eigenvalue weighted by Crippen LogP contribution is -2.29. The van der Waals surface area contributed by atoms with Gasteiger partial charge >= 0.3 is 12.1 Å². The van der Waals surface area contributed by atoms with Crippen LogP contribution >= 0.6 is 0 Å². The van der Waals surface area contributed by atoms with E-state index < -0.39 is 12.1 Å². The summed E-state index contributed by atoms with van der Waals surface area (Å²) in [6.45, 7) is 0.709. The zero-order valence-electron chi connectivity index (χ0n) is 18.3. The number of hydrogen-bond acceptors (Lipinski definition) is 6. The predicted octanol–water partition coefficient (Wildman–Crippen LogP) is 3.53. The first kappa shape index (κ1) is 22.1. The Morgan fingerprint density at radius 3 is 2.69 bits per heavy atom. The number of benzene rings is 1. The summed E-state index contributed by atoms with van der Waals surface area (Å²) in [5, 5.41) is 20.4. The molecule has 0 spiro atoms. The van der Waals surface area contributed by atoms with Crippen LogP contribution in [0.4, 0.5) is 4.79 Å². The average Bonchev–Trinajstić information content (AvgIpc) is 3.54. The predicted molar refractivity (Wildman–Crippen MR) is 116 cm³/mol. The molecule has 2 atom stereocenters. The molecular weight excluding hydrogens is 412 g/mol. The van der Waals surface area contributed by atoms with Crippen LogP contribution in [-0.2, 0) is 23.1 Å². The minimum atomic E-state index is -0.746. The summed E-state index contributed by atoms with van der Waals surface area (Å²) >= 11 is 0. The molecule has 0 bridgehead atoms. The number of aliphatic carboxylic acids is 1. The van der Waals surface area contributed by atoms with Gasteiger partial charge in [0, 0.05) is 12.6 Å². The molecule has 4 rings (SSSR count). The molecule has 9 heteroatoms. The number of carbonyl (C=O) groups excluding carboxylic acids is 1. The third-order valence-corrected chi connectivity index (χ3v) is 6.21. The normalized spacial score (nSPS) is 20.5. The van der Waals surface area contributed by atoms with Crippen LogP contribution in [0, 0.1) is 11.8 Å². The third kappa shape index (κ3) is 5.77. The van der Waals surface area contributed by atoms with Gasteiger partial charge in [-0.05, 0) is 62.3 Å². The second kappa shape index (κ2) is 10.0. The van der Waals surface area contributed by atoms with Crippen LogP contribution in [0.3, 0.4) is 0 Å². The van der Waals surface area contributed by atoms with Crippen molar-refractivity contribution in [3.63, 3.8) is 0 Å². The maximum atomic E-state index is 12.0. The SMILES string of the molecule is Cn1nnc(-c2ccc(O[C@H]3CCC[C@H](C(=O)O)C3)cc2)c1CNC(=O)OCCC1CC1. The molecule has 0 radical (unpaired) electrons. The number of carbonyl (C=O) groups is 2. The molecule has 2 N–H and O–H groups in total. The second-order valence-electron chi connectivity index (χ2n) is 8.70. The van der Waals surface area contributed by atoms with Crippen LogP contribution < -0.4 is 10.1 Å². The van der Waals surface area contributed by atoms with E-state index in [0.29, 0.717) is 30.9 Å². The minimum absolute atomic E-state index is 0.0853. The molecule has 9 nitrogen and oxygen atoms in total. The Kier molecular flexibility index (Phi) is 6.92. The van der Waals surface area contributed by atoms with Crippen LogP contribution in [-0.4, -0.2) is 44.9 Å². The fourth-order valence-corrected chi connectivity index (χ4v) is 4.09. The number of carboxylic acid groups (broad SMARTS) is 1. The Hall–Kier alpha value is -3.10. The van der Waals surface area contributed by atoms with Gasteiger partial charge in [0.1, 0.15) is 11.4 Å². The molecule has 1 aromatic heterocycles. The van der Waals surface area contributed by atoms with Crippen molar-refractivity contribution in [1.29, 1.82) is 0 Å². The van der Waals surface area contributed by atoms with E-state index in [2.05, 4.69) is 15.6 Å². The van der Waals surface area contributed by atoms with Gasteiger partial charge in [-0.25, -0.2) is 9.48 Å². The summed E-state index contributed by atoms with van der Waals surface area (Å²) in [4.78, 5) is 23.2. The van der Waals surface area contributed by atoms with Gasteiger partial charge in [-0.15, -0.1) is 5.10 Å². The molecule has 2 saturated carbocycles. The molecule has 1 amide bonds. The van der Waals surface area contributed by atoms with Crippen molar-refractivity contribution in [1.82, 2.24) is 20.3 Å². The first-order chi connectivity index (χ1) is 15.5. The number of carboxylic acids is 1. The lowest BCUT2D eigenvalue weighted by Gasteiger charge is -2.27. The zero-order valence-corrected chi connectivity index (χ0v) is 18.3. The summed E-state index contributed by atoms with van der Waals surface area (Å²) in [6, 6.07) is 7.51. The van der Waals surface area contributed by atoms with Crippen molar-refractivity contribution in [3.8, 4) is 17.0 Å². The molecule has 2 aromatic rings. The minimum Gasteiger partial charge on any atom is -0.490 e. The van der Waals surface area contributed by atoms with Crippen molar-refractivity contribution in [2.75, 3.05) is 6.61 Å². The van der Waals surface area contributed by atoms with Gasteiger partial charge in [0.25, 0.3) is 0 Å². The molecule has 1 aromatic carbocycles. The van der Waals surface area contributed by atoms with Crippen LogP contribution in [0.1, 0.15) is 50.6 Å². The number of rotatable bonds is 9. The van der Waals surface area contributed by atoms with E-state index in [9.17, 15) is 14.7 Å². The van der Waals surface area contributed by atoms with Gasteiger partial charge < -0.3 is 19.9 Å². The average molecular weight is 443 g/mol. The van der Waals surface area contributed by atoms with E-state index in [1.807, 2.05) is 24.3 Å². The monoisotopic (exact) mass is 442 g/mol. The molecular formula is C23H30N4O5. The van der Waals surface area contributed by atoms with Gasteiger partial charge in [0.05, 0.1) is 30.9 Å². The van der Waals surface area contributed by atoms with Crippen molar-refractivity contribution < 1.29 is 24.2 Å². The summed E-state index contributed by atoms with van der Waals surface area (Å²) in [5.74, 6) is 0.347. The van der Waals surface area contributed by atoms with Crippen molar-refractivity contribution in [2.24, 2.45) is 18.9 Å². The number of alkyl carbamates (subject to hydrolysis) is 1. The number of hydrogen-bond donors (Lipinski definition) is 2. The highest BCUT2D eigenvalue weighted by molar-refractivity contribution is 5.70. The lowest BCUT2D eigenvalue weighted by atomic mass is 9.87. The van der Waals surface area contributed by atoms with Crippen molar-refractivity contribution >= 4 is 12.1 Å². The van der Waals surface area contributed by atoms with E-state index in [0.717, 1.165) is 36.4 Å². The maximum Gasteiger partial charge on any atom is 0.407 e. The molecule has 0 saturated heterocycles. The quantitative estimate of drug-likeness (QED) is 0.610. The molecule has 2 aliphatic rings. The molecule has 172 valence electrons. The topological polar surface area (TPSA) is 116 Å². The number of nitrogens with zero attached hydrogens (tertiary/aromatic N) is 3. The fourth-order valence-electron chi connectivity index (χ4n) is 4.09. The highest BCUT2D eigenvalue weighted by atomic mass is 16.5. The van der Waals surface area contributed by atoms with Crippen molar-refractivity contribution in [3.05, 3.63) is 30.0 Å². The van der Waals surface area contributed by atoms with E-state index in [-0.39, 0.29) is 18.6 Å². The summed E-state index contributed by atoms with van der Waals surface area (Å²) < 4.78 is 12.9. The van der Waals surface area contributed by atoms with E-state index in [1.54, 1.807) is 11.7 Å². The number of amides is 1. The van der Waals surface area contributed by atoms with Gasteiger partial charge in [0.15, 0.2) is 0 Å². The van der Waals surface area contributed by atoms with Crippen LogP contribution in [0.25, 0.3) is 11.3 Å². The molecule has 2 aliphatic carbocycles. The Morgan fingerprint density at radius 1 is 1.19 bits per heavy atom. The van der Waals surface area contributed by atoms with Gasteiger partial charge in [-0.2, -0.15) is 0 Å². The Labute approximate surface area is 187 Å². The highest BCUT2D eigenvalue weighted by Gasteiger charge is 2.28. The van der Waals surface area contributed by atoms with Crippen molar-refractivity contribution in [2.45, 2.75) is 57.6 Å². The molecule has 0 unspecified atom stereocenters. The Morgan fingerprint density at radius 2 is 1.97 bits per heavy atom. The fraction of sp³-hybridized carbons (Fsp3) is 0.565. The van der Waals surface area contributed by atoms with Crippen LogP contribution in [0.15, 0.2) is 24.3 Å². The lowest BCUT2D eigenvalue weighted by molar-refractivity contribution is -0.143. The number of aryl methyl sites for hydroxylation is 1. The number of nitrogens with one attached hydrogen (secondary N) is 1. The molecule has 0 aliphatic heterocycles. The Balaban J connectivity index is 1.33. The van der Waals surface area contributed by atoms with Crippen LogP contribution in [0.2, 0.25) is 0 Å². The first-order valence-electron chi connectivity index (χ1n) is 11.3. The number of ether oxygens (including phenoxy) is 2. The van der Waals surface area contributed by atoms with Crippen LogP contribution in [0.5, 0.6) is 5.75 Å². The first-order valence-corrected chi connectivity index (χ1v) is 11.3. The largest absolute Gasteiger partial charge is 0.490 e. The number of aromatic nitrogens is 3. The van der Waals surface area contributed by atoms with E-state index in [4.69, 9.17) is 9.47 Å². The van der Waals surface area contributed by atoms with E-state index >= 15 is 0 Å². The summed E-state index contributed by atoms with van der Waals surface area (Å²) in [5.41, 5.74) is 2.31.